The highest BCUT2D eigenvalue weighted by Gasteiger charge is 2.43. The monoisotopic (exact) mass is 370 g/mol. The van der Waals surface area contributed by atoms with Gasteiger partial charge in [0.25, 0.3) is 0 Å². The van der Waals surface area contributed by atoms with E-state index in [-0.39, 0.29) is 6.61 Å². The maximum atomic E-state index is 12.0. The second kappa shape index (κ2) is 8.92. The van der Waals surface area contributed by atoms with Crippen LogP contribution in [0.5, 0.6) is 0 Å². The average molecular weight is 370 g/mol. The van der Waals surface area contributed by atoms with E-state index in [1.807, 2.05) is 0 Å². The van der Waals surface area contributed by atoms with Crippen molar-refractivity contribution in [3.05, 3.63) is 29.8 Å². The first kappa shape index (κ1) is 20.1. The molecule has 26 heavy (non-hydrogen) atoms. The van der Waals surface area contributed by atoms with Gasteiger partial charge < -0.3 is 40.5 Å². The first-order valence-corrected chi connectivity index (χ1v) is 8.02. The number of ether oxygens (including phenoxy) is 2. The molecule has 1 aliphatic rings. The first-order valence-electron chi connectivity index (χ1n) is 8.02. The molecule has 1 fully saturated rings. The Kier molecular flexibility index (Phi) is 6.89. The van der Waals surface area contributed by atoms with Crippen LogP contribution in [0.1, 0.15) is 17.3 Å². The second-order valence-corrected chi connectivity index (χ2v) is 5.65. The first-order chi connectivity index (χ1) is 12.4. The van der Waals surface area contributed by atoms with Gasteiger partial charge in [0.15, 0.2) is 6.23 Å². The number of aliphatic hydroxyl groups is 4. The normalized spacial score (nSPS) is 28.3. The third kappa shape index (κ3) is 4.68. The van der Waals surface area contributed by atoms with E-state index in [2.05, 4.69) is 10.6 Å². The lowest BCUT2D eigenvalue weighted by atomic mass is 9.98. The van der Waals surface area contributed by atoms with Gasteiger partial charge in [-0.2, -0.15) is 0 Å². The van der Waals surface area contributed by atoms with E-state index >= 15 is 0 Å². The molecule has 0 bridgehead atoms. The molecule has 144 valence electrons. The molecular formula is C16H22N2O8. The van der Waals surface area contributed by atoms with Gasteiger partial charge >= 0.3 is 12.0 Å². The van der Waals surface area contributed by atoms with E-state index in [4.69, 9.17) is 14.6 Å². The number of aliphatic hydroxyl groups excluding tert-OH is 4. The zero-order valence-electron chi connectivity index (χ0n) is 14.0. The summed E-state index contributed by atoms with van der Waals surface area (Å²) in [6, 6.07) is 5.17. The van der Waals surface area contributed by atoms with E-state index in [0.717, 1.165) is 0 Å². The second-order valence-electron chi connectivity index (χ2n) is 5.65. The molecular weight excluding hydrogens is 348 g/mol. The predicted molar refractivity (Wildman–Crippen MR) is 88.3 cm³/mol. The van der Waals surface area contributed by atoms with Crippen LogP contribution in [0.4, 0.5) is 10.5 Å². The molecule has 0 aliphatic carbocycles. The highest BCUT2D eigenvalue weighted by atomic mass is 16.6. The van der Waals surface area contributed by atoms with Crippen LogP contribution in [0.15, 0.2) is 24.3 Å². The summed E-state index contributed by atoms with van der Waals surface area (Å²) in [6.07, 6.45) is -7.13. The van der Waals surface area contributed by atoms with Gasteiger partial charge in [0.2, 0.25) is 0 Å². The molecule has 6 N–H and O–H groups in total. The minimum atomic E-state index is -1.59. The van der Waals surface area contributed by atoms with Crippen LogP contribution in [0.3, 0.4) is 0 Å². The summed E-state index contributed by atoms with van der Waals surface area (Å²) in [6.45, 7) is 1.34. The third-order valence-electron chi connectivity index (χ3n) is 3.82. The lowest BCUT2D eigenvalue weighted by Gasteiger charge is -2.40. The molecule has 2 rings (SSSR count). The topological polar surface area (TPSA) is 158 Å². The molecule has 0 spiro atoms. The lowest BCUT2D eigenvalue weighted by Crippen LogP contribution is -2.63. The largest absolute Gasteiger partial charge is 0.462 e. The van der Waals surface area contributed by atoms with Crippen molar-refractivity contribution >= 4 is 17.7 Å². The standard InChI is InChI=1S/C16H22N2O8/c1-2-25-15(23)8-3-5-9(6-4-8)17-16(24)18-14-13(22)12(21)11(20)10(7-19)26-14/h3-6,10-14,19-22H,2,7H2,1H3,(H2,17,18,24)/t10-,11+,12-,13+,14-/m1/s1. The number of rotatable bonds is 5. The zero-order valence-corrected chi connectivity index (χ0v) is 14.0. The van der Waals surface area contributed by atoms with Gasteiger partial charge in [-0.25, -0.2) is 9.59 Å². The van der Waals surface area contributed by atoms with E-state index in [1.54, 1.807) is 6.92 Å². The molecule has 1 aromatic rings. The molecule has 0 unspecified atom stereocenters. The number of amides is 2. The van der Waals surface area contributed by atoms with Gasteiger partial charge in [-0.3, -0.25) is 0 Å². The van der Waals surface area contributed by atoms with E-state index < -0.39 is 49.3 Å². The summed E-state index contributed by atoms with van der Waals surface area (Å²) >= 11 is 0. The summed E-state index contributed by atoms with van der Waals surface area (Å²) in [4.78, 5) is 23.6. The van der Waals surface area contributed by atoms with Crippen LogP contribution >= 0.6 is 0 Å². The van der Waals surface area contributed by atoms with Crippen LogP contribution in [0.2, 0.25) is 0 Å². The minimum Gasteiger partial charge on any atom is -0.462 e. The molecule has 1 aliphatic heterocycles. The van der Waals surface area contributed by atoms with Gasteiger partial charge in [-0.1, -0.05) is 0 Å². The van der Waals surface area contributed by atoms with Crippen molar-refractivity contribution in [3.63, 3.8) is 0 Å². The molecule has 0 aromatic heterocycles. The van der Waals surface area contributed by atoms with Gasteiger partial charge in [0, 0.05) is 5.69 Å². The molecule has 0 radical (unpaired) electrons. The van der Waals surface area contributed by atoms with Crippen molar-refractivity contribution in [1.29, 1.82) is 0 Å². The van der Waals surface area contributed by atoms with Crippen molar-refractivity contribution < 1.29 is 39.5 Å². The summed E-state index contributed by atoms with van der Waals surface area (Å²) in [5, 5.41) is 43.1. The molecule has 5 atom stereocenters. The predicted octanol–water partition coefficient (Wildman–Crippen LogP) is -1.22. The zero-order chi connectivity index (χ0) is 19.3. The highest BCUT2D eigenvalue weighted by Crippen LogP contribution is 2.20. The van der Waals surface area contributed by atoms with Crippen molar-refractivity contribution in [3.8, 4) is 0 Å². The number of carbonyl (C=O) groups is 2. The Balaban J connectivity index is 1.94. The number of hydrogen-bond acceptors (Lipinski definition) is 8. The summed E-state index contributed by atoms with van der Waals surface area (Å²) < 4.78 is 10.0. The van der Waals surface area contributed by atoms with Gasteiger partial charge in [0.05, 0.1) is 18.8 Å². The molecule has 0 saturated carbocycles. The summed E-state index contributed by atoms with van der Waals surface area (Å²) in [5.41, 5.74) is 0.687. The number of carbonyl (C=O) groups excluding carboxylic acids is 2. The van der Waals surface area contributed by atoms with Crippen molar-refractivity contribution in [1.82, 2.24) is 5.32 Å². The SMILES string of the molecule is CCOC(=O)c1ccc(NC(=O)N[C@@H]2O[C@H](CO)[C@H](O)[C@@H](O)[C@@H]2O)cc1. The van der Waals surface area contributed by atoms with E-state index in [0.29, 0.717) is 11.3 Å². The number of anilines is 1. The number of hydrogen-bond donors (Lipinski definition) is 6. The number of urea groups is 1. The summed E-state index contributed by atoms with van der Waals surface area (Å²) in [5.74, 6) is -0.482. The molecule has 2 amide bonds. The maximum absolute atomic E-state index is 12.0. The van der Waals surface area contributed by atoms with Crippen LogP contribution in [-0.4, -0.2) is 76.3 Å². The van der Waals surface area contributed by atoms with E-state index in [9.17, 15) is 24.9 Å². The molecule has 1 aromatic carbocycles. The van der Waals surface area contributed by atoms with Crippen LogP contribution < -0.4 is 10.6 Å². The fraction of sp³-hybridized carbons (Fsp3) is 0.500. The Hall–Kier alpha value is -2.24. The van der Waals surface area contributed by atoms with Crippen molar-refractivity contribution in [2.75, 3.05) is 18.5 Å². The fourth-order valence-electron chi connectivity index (χ4n) is 2.42. The van der Waals surface area contributed by atoms with Gasteiger partial charge in [0.1, 0.15) is 24.4 Å². The number of nitrogens with one attached hydrogen (secondary N) is 2. The molecule has 10 heteroatoms. The van der Waals surface area contributed by atoms with Crippen LogP contribution in [0, 0.1) is 0 Å². The minimum absolute atomic E-state index is 0.250. The third-order valence-corrected chi connectivity index (χ3v) is 3.82. The van der Waals surface area contributed by atoms with E-state index in [1.165, 1.54) is 24.3 Å². The fourth-order valence-corrected chi connectivity index (χ4v) is 2.42. The number of benzene rings is 1. The molecule has 1 saturated heterocycles. The van der Waals surface area contributed by atoms with Crippen molar-refractivity contribution in [2.24, 2.45) is 0 Å². The van der Waals surface area contributed by atoms with Gasteiger partial charge in [-0.15, -0.1) is 0 Å². The Labute approximate surface area is 149 Å². The van der Waals surface area contributed by atoms with Gasteiger partial charge in [-0.05, 0) is 31.2 Å². The highest BCUT2D eigenvalue weighted by molar-refractivity contribution is 5.92. The quantitative estimate of drug-likeness (QED) is 0.352. The Morgan fingerprint density at radius 2 is 1.77 bits per heavy atom. The smallest absolute Gasteiger partial charge is 0.338 e. The average Bonchev–Trinajstić information content (AvgIpc) is 2.63. The summed E-state index contributed by atoms with van der Waals surface area (Å²) in [7, 11) is 0. The molecule has 1 heterocycles. The maximum Gasteiger partial charge on any atom is 0.338 e. The van der Waals surface area contributed by atoms with Crippen LogP contribution in [0.25, 0.3) is 0 Å². The number of esters is 1. The molecule has 10 nitrogen and oxygen atoms in total. The van der Waals surface area contributed by atoms with Crippen LogP contribution in [-0.2, 0) is 9.47 Å². The Morgan fingerprint density at radius 3 is 2.35 bits per heavy atom. The Morgan fingerprint density at radius 1 is 1.12 bits per heavy atom. The van der Waals surface area contributed by atoms with Crippen molar-refractivity contribution in [2.45, 2.75) is 37.6 Å². The Bertz CT molecular complexity index is 621. The lowest BCUT2D eigenvalue weighted by molar-refractivity contribution is -0.233.